The second kappa shape index (κ2) is 4.92. The van der Waals surface area contributed by atoms with E-state index in [-0.39, 0.29) is 5.75 Å². The number of benzene rings is 1. The second-order valence-electron chi connectivity index (χ2n) is 2.56. The van der Waals surface area contributed by atoms with Crippen molar-refractivity contribution in [2.75, 3.05) is 5.75 Å². The Bertz CT molecular complexity index is 347. The SMILES string of the molecule is O=S(=O)(CCc1ccccc1)OI. The molecule has 1 aromatic rings. The van der Waals surface area contributed by atoms with Crippen LogP contribution in [0, 0.1) is 0 Å². The summed E-state index contributed by atoms with van der Waals surface area (Å²) in [5.41, 5.74) is 1.000. The summed E-state index contributed by atoms with van der Waals surface area (Å²) in [5, 5.41) is 0. The number of rotatable bonds is 4. The summed E-state index contributed by atoms with van der Waals surface area (Å²) in [7, 11) is -3.33. The van der Waals surface area contributed by atoms with Crippen molar-refractivity contribution >= 4 is 33.1 Å². The maximum absolute atomic E-state index is 10.9. The Morgan fingerprint density at radius 1 is 1.23 bits per heavy atom. The van der Waals surface area contributed by atoms with Crippen molar-refractivity contribution in [3.8, 4) is 0 Å². The zero-order valence-electron chi connectivity index (χ0n) is 6.81. The molecular formula is C8H9IO3S. The minimum atomic E-state index is -3.33. The van der Waals surface area contributed by atoms with E-state index in [1.165, 1.54) is 23.0 Å². The predicted molar refractivity (Wildman–Crippen MR) is 59.0 cm³/mol. The summed E-state index contributed by atoms with van der Waals surface area (Å²) >= 11 is 1.38. The first kappa shape index (κ1) is 10.9. The summed E-state index contributed by atoms with van der Waals surface area (Å²) in [5.74, 6) is 0.0277. The lowest BCUT2D eigenvalue weighted by molar-refractivity contribution is 0.536. The monoisotopic (exact) mass is 312 g/mol. The van der Waals surface area contributed by atoms with E-state index in [1.54, 1.807) is 0 Å². The standard InChI is InChI=1S/C8H9IO3S/c9-12-13(10,11)7-6-8-4-2-1-3-5-8/h1-5H,6-7H2. The van der Waals surface area contributed by atoms with Crippen LogP contribution in [-0.2, 0) is 19.1 Å². The molecule has 1 aromatic carbocycles. The Morgan fingerprint density at radius 3 is 2.38 bits per heavy atom. The molecular weight excluding hydrogens is 303 g/mol. The molecule has 0 heterocycles. The van der Waals surface area contributed by atoms with Crippen molar-refractivity contribution in [2.24, 2.45) is 0 Å². The van der Waals surface area contributed by atoms with Gasteiger partial charge in [-0.25, -0.2) is 0 Å². The van der Waals surface area contributed by atoms with Gasteiger partial charge < -0.3 is 0 Å². The molecule has 0 saturated carbocycles. The van der Waals surface area contributed by atoms with Crippen molar-refractivity contribution < 1.29 is 10.9 Å². The third kappa shape index (κ3) is 4.06. The summed E-state index contributed by atoms with van der Waals surface area (Å²) in [6.07, 6.45) is 0.492. The summed E-state index contributed by atoms with van der Waals surface area (Å²) in [4.78, 5) is 0. The molecule has 0 radical (unpaired) electrons. The molecule has 5 heteroatoms. The summed E-state index contributed by atoms with van der Waals surface area (Å²) in [6, 6.07) is 9.44. The predicted octanol–water partition coefficient (Wildman–Crippen LogP) is 1.93. The van der Waals surface area contributed by atoms with Crippen LogP contribution in [0.2, 0.25) is 0 Å². The lowest BCUT2D eigenvalue weighted by Gasteiger charge is -1.99. The number of aryl methyl sites for hydroxylation is 1. The van der Waals surface area contributed by atoms with Crippen LogP contribution in [0.3, 0.4) is 0 Å². The fraction of sp³-hybridized carbons (Fsp3) is 0.250. The molecule has 1 rings (SSSR count). The van der Waals surface area contributed by atoms with Crippen LogP contribution in [0.4, 0.5) is 0 Å². The van der Waals surface area contributed by atoms with E-state index in [1.807, 2.05) is 30.3 Å². The molecule has 0 aliphatic rings. The highest BCUT2D eigenvalue weighted by Gasteiger charge is 2.08. The molecule has 13 heavy (non-hydrogen) atoms. The zero-order valence-corrected chi connectivity index (χ0v) is 9.79. The second-order valence-corrected chi connectivity index (χ2v) is 5.29. The lowest BCUT2D eigenvalue weighted by atomic mass is 10.2. The van der Waals surface area contributed by atoms with Crippen LogP contribution >= 0.6 is 23.0 Å². The van der Waals surface area contributed by atoms with Gasteiger partial charge in [-0.05, 0) is 12.0 Å². The Kier molecular flexibility index (Phi) is 4.14. The lowest BCUT2D eigenvalue weighted by Crippen LogP contribution is -2.07. The van der Waals surface area contributed by atoms with E-state index in [0.29, 0.717) is 6.42 Å². The van der Waals surface area contributed by atoms with Crippen LogP contribution in [0.5, 0.6) is 0 Å². The van der Waals surface area contributed by atoms with E-state index in [2.05, 4.69) is 2.51 Å². The van der Waals surface area contributed by atoms with E-state index in [0.717, 1.165) is 5.56 Å². The first-order valence-corrected chi connectivity index (χ1v) is 6.17. The molecule has 0 bridgehead atoms. The first-order chi connectivity index (χ1) is 6.14. The van der Waals surface area contributed by atoms with Crippen molar-refractivity contribution in [1.82, 2.24) is 0 Å². The highest BCUT2D eigenvalue weighted by molar-refractivity contribution is 14.1. The topological polar surface area (TPSA) is 43.4 Å². The number of halogens is 1. The zero-order chi connectivity index (χ0) is 9.73. The smallest absolute Gasteiger partial charge is 0.199 e. The minimum absolute atomic E-state index is 0.0277. The molecule has 0 spiro atoms. The molecule has 0 aromatic heterocycles. The minimum Gasteiger partial charge on any atom is -0.199 e. The van der Waals surface area contributed by atoms with Gasteiger partial charge in [-0.15, -0.1) is 0 Å². The van der Waals surface area contributed by atoms with Crippen LogP contribution in [0.25, 0.3) is 0 Å². The van der Waals surface area contributed by atoms with Crippen molar-refractivity contribution in [2.45, 2.75) is 6.42 Å². The van der Waals surface area contributed by atoms with Gasteiger partial charge in [0.15, 0.2) is 0 Å². The fourth-order valence-electron chi connectivity index (χ4n) is 0.919. The third-order valence-corrected chi connectivity index (χ3v) is 4.12. The summed E-state index contributed by atoms with van der Waals surface area (Å²) in [6.45, 7) is 0. The van der Waals surface area contributed by atoms with Gasteiger partial charge in [0.05, 0.1) is 5.75 Å². The largest absolute Gasteiger partial charge is 0.276 e. The van der Waals surface area contributed by atoms with Crippen LogP contribution in [-0.4, -0.2) is 14.2 Å². The van der Waals surface area contributed by atoms with Gasteiger partial charge in [0.2, 0.25) is 0 Å². The van der Waals surface area contributed by atoms with E-state index >= 15 is 0 Å². The van der Waals surface area contributed by atoms with Gasteiger partial charge in [0.25, 0.3) is 10.1 Å². The molecule has 0 amide bonds. The molecule has 3 nitrogen and oxygen atoms in total. The Labute approximate surface area is 91.9 Å². The average molecular weight is 312 g/mol. The van der Waals surface area contributed by atoms with Gasteiger partial charge >= 0.3 is 0 Å². The van der Waals surface area contributed by atoms with E-state index in [9.17, 15) is 8.42 Å². The Morgan fingerprint density at radius 2 is 1.85 bits per heavy atom. The third-order valence-electron chi connectivity index (χ3n) is 1.58. The van der Waals surface area contributed by atoms with Gasteiger partial charge in [0.1, 0.15) is 23.0 Å². The van der Waals surface area contributed by atoms with Crippen molar-refractivity contribution in [3.05, 3.63) is 35.9 Å². The molecule has 72 valence electrons. The van der Waals surface area contributed by atoms with Crippen molar-refractivity contribution in [1.29, 1.82) is 0 Å². The van der Waals surface area contributed by atoms with Crippen LogP contribution in [0.1, 0.15) is 5.56 Å². The Balaban J connectivity index is 2.54. The molecule has 0 aliphatic heterocycles. The van der Waals surface area contributed by atoms with Gasteiger partial charge in [0, 0.05) is 0 Å². The number of hydrogen-bond donors (Lipinski definition) is 0. The summed E-state index contributed by atoms with van der Waals surface area (Å²) < 4.78 is 26.2. The molecule has 0 aliphatic carbocycles. The van der Waals surface area contributed by atoms with Gasteiger partial charge in [-0.3, -0.25) is 0 Å². The molecule has 0 fully saturated rings. The average Bonchev–Trinajstić information content (AvgIpc) is 2.17. The normalized spacial score (nSPS) is 11.5. The van der Waals surface area contributed by atoms with Gasteiger partial charge in [-0.2, -0.15) is 10.9 Å². The quantitative estimate of drug-likeness (QED) is 0.798. The Hall–Kier alpha value is -0.140. The maximum atomic E-state index is 10.9. The van der Waals surface area contributed by atoms with E-state index < -0.39 is 10.1 Å². The number of hydrogen-bond acceptors (Lipinski definition) is 3. The van der Waals surface area contributed by atoms with E-state index in [4.69, 9.17) is 0 Å². The highest BCUT2D eigenvalue weighted by Crippen LogP contribution is 2.05. The van der Waals surface area contributed by atoms with Crippen LogP contribution in [0.15, 0.2) is 30.3 Å². The maximum Gasteiger partial charge on any atom is 0.276 e. The molecule has 0 N–H and O–H groups in total. The van der Waals surface area contributed by atoms with Crippen molar-refractivity contribution in [3.63, 3.8) is 0 Å². The fourth-order valence-corrected chi connectivity index (χ4v) is 2.01. The molecule has 0 saturated heterocycles. The molecule has 0 unspecified atom stereocenters. The van der Waals surface area contributed by atoms with Crippen LogP contribution < -0.4 is 0 Å². The highest BCUT2D eigenvalue weighted by atomic mass is 127. The molecule has 0 atom stereocenters. The van der Waals surface area contributed by atoms with Gasteiger partial charge in [-0.1, -0.05) is 30.3 Å². The first-order valence-electron chi connectivity index (χ1n) is 3.71.